The molecule has 4 rings (SSSR count). The summed E-state index contributed by atoms with van der Waals surface area (Å²) in [5.41, 5.74) is 2.65. The zero-order valence-electron chi connectivity index (χ0n) is 16.6. The molecule has 0 radical (unpaired) electrons. The number of rotatable bonds is 6. The van der Waals surface area contributed by atoms with Crippen molar-refractivity contribution in [2.24, 2.45) is 5.14 Å². The third-order valence-electron chi connectivity index (χ3n) is 4.73. The molecule has 31 heavy (non-hydrogen) atoms. The van der Waals surface area contributed by atoms with E-state index >= 15 is 0 Å². The molecule has 0 spiro atoms. The van der Waals surface area contributed by atoms with E-state index in [9.17, 15) is 12.8 Å². The number of sulfonamides is 1. The molecule has 0 bridgehead atoms. The first-order valence-electron chi connectivity index (χ1n) is 9.36. The first kappa shape index (κ1) is 20.8. The standard InChI is InChI=1S/C23H19FN2O4S/c1-29-20-14-17(24)9-12-19(20)23-22(16-7-10-18(11-8-16)31(25,27)28)26-21(30-23)13-15-5-3-2-4-6-15/h2-12,14H,13H2,1H3,(H2,25,27,28). The Labute approximate surface area is 179 Å². The molecular formula is C23H19FN2O4S. The Morgan fingerprint density at radius 3 is 2.39 bits per heavy atom. The fourth-order valence-corrected chi connectivity index (χ4v) is 3.76. The fourth-order valence-electron chi connectivity index (χ4n) is 3.24. The van der Waals surface area contributed by atoms with Crippen LogP contribution in [0.5, 0.6) is 5.75 Å². The highest BCUT2D eigenvalue weighted by atomic mass is 32.2. The first-order valence-corrected chi connectivity index (χ1v) is 10.9. The molecule has 158 valence electrons. The van der Waals surface area contributed by atoms with E-state index < -0.39 is 15.8 Å². The summed E-state index contributed by atoms with van der Waals surface area (Å²) < 4.78 is 48.3. The Morgan fingerprint density at radius 2 is 1.74 bits per heavy atom. The van der Waals surface area contributed by atoms with Gasteiger partial charge in [-0.25, -0.2) is 22.9 Å². The number of halogens is 1. The molecular weight excluding hydrogens is 419 g/mol. The SMILES string of the molecule is COc1cc(F)ccc1-c1oc(Cc2ccccc2)nc1-c1ccc(S(N)(=O)=O)cc1. The summed E-state index contributed by atoms with van der Waals surface area (Å²) in [4.78, 5) is 4.64. The van der Waals surface area contributed by atoms with Crippen molar-refractivity contribution >= 4 is 10.0 Å². The van der Waals surface area contributed by atoms with Crippen LogP contribution >= 0.6 is 0 Å². The van der Waals surface area contributed by atoms with Crippen molar-refractivity contribution in [1.29, 1.82) is 0 Å². The molecule has 6 nitrogen and oxygen atoms in total. The molecule has 1 aromatic heterocycles. The lowest BCUT2D eigenvalue weighted by atomic mass is 10.0. The molecule has 0 fully saturated rings. The van der Waals surface area contributed by atoms with Crippen LogP contribution < -0.4 is 9.88 Å². The van der Waals surface area contributed by atoms with E-state index in [0.29, 0.717) is 40.6 Å². The lowest BCUT2D eigenvalue weighted by Crippen LogP contribution is -2.11. The minimum Gasteiger partial charge on any atom is -0.496 e. The number of aromatic nitrogens is 1. The normalized spacial score (nSPS) is 11.5. The Hall–Kier alpha value is -3.49. The number of primary sulfonamides is 1. The topological polar surface area (TPSA) is 95.4 Å². The molecule has 0 saturated heterocycles. The largest absolute Gasteiger partial charge is 0.496 e. The molecule has 0 aliphatic heterocycles. The van der Waals surface area contributed by atoms with Crippen molar-refractivity contribution in [3.63, 3.8) is 0 Å². The summed E-state index contributed by atoms with van der Waals surface area (Å²) in [6.45, 7) is 0. The number of nitrogens with two attached hydrogens (primary N) is 1. The van der Waals surface area contributed by atoms with Crippen LogP contribution in [0.25, 0.3) is 22.6 Å². The second-order valence-electron chi connectivity index (χ2n) is 6.86. The molecule has 2 N–H and O–H groups in total. The monoisotopic (exact) mass is 438 g/mol. The Balaban J connectivity index is 1.84. The summed E-state index contributed by atoms with van der Waals surface area (Å²) in [5.74, 6) is 0.706. The summed E-state index contributed by atoms with van der Waals surface area (Å²) >= 11 is 0. The number of hydrogen-bond acceptors (Lipinski definition) is 5. The summed E-state index contributed by atoms with van der Waals surface area (Å²) in [6, 6.07) is 19.8. The maximum atomic E-state index is 13.7. The highest BCUT2D eigenvalue weighted by Crippen LogP contribution is 2.38. The molecule has 0 aliphatic rings. The van der Waals surface area contributed by atoms with Gasteiger partial charge in [0.25, 0.3) is 0 Å². The van der Waals surface area contributed by atoms with E-state index in [2.05, 4.69) is 4.98 Å². The van der Waals surface area contributed by atoms with Gasteiger partial charge in [0.2, 0.25) is 10.0 Å². The average molecular weight is 438 g/mol. The highest BCUT2D eigenvalue weighted by Gasteiger charge is 2.21. The fraction of sp³-hybridized carbons (Fsp3) is 0.0870. The number of oxazole rings is 1. The Morgan fingerprint density at radius 1 is 1.03 bits per heavy atom. The second-order valence-corrected chi connectivity index (χ2v) is 8.42. The Bertz CT molecular complexity index is 1320. The second kappa shape index (κ2) is 8.33. The minimum absolute atomic E-state index is 0.00910. The van der Waals surface area contributed by atoms with Gasteiger partial charge in [-0.15, -0.1) is 0 Å². The number of benzene rings is 3. The third kappa shape index (κ3) is 4.50. The number of methoxy groups -OCH3 is 1. The van der Waals surface area contributed by atoms with E-state index in [-0.39, 0.29) is 4.90 Å². The number of ether oxygens (including phenoxy) is 1. The zero-order valence-corrected chi connectivity index (χ0v) is 17.4. The van der Waals surface area contributed by atoms with Gasteiger partial charge in [0.05, 0.1) is 17.6 Å². The maximum absolute atomic E-state index is 13.7. The maximum Gasteiger partial charge on any atom is 0.238 e. The summed E-state index contributed by atoms with van der Waals surface area (Å²) in [5, 5.41) is 5.19. The molecule has 0 unspecified atom stereocenters. The van der Waals surface area contributed by atoms with E-state index in [4.69, 9.17) is 14.3 Å². The first-order chi connectivity index (χ1) is 14.8. The van der Waals surface area contributed by atoms with Crippen LogP contribution in [0.1, 0.15) is 11.5 Å². The van der Waals surface area contributed by atoms with E-state index in [1.165, 1.54) is 31.4 Å². The van der Waals surface area contributed by atoms with Gasteiger partial charge in [0.1, 0.15) is 17.3 Å². The molecule has 0 atom stereocenters. The van der Waals surface area contributed by atoms with Crippen LogP contribution in [-0.4, -0.2) is 20.5 Å². The van der Waals surface area contributed by atoms with Crippen LogP contribution in [-0.2, 0) is 16.4 Å². The Kier molecular flexibility index (Phi) is 5.58. The van der Waals surface area contributed by atoms with Crippen molar-refractivity contribution in [2.75, 3.05) is 7.11 Å². The lowest BCUT2D eigenvalue weighted by Gasteiger charge is -2.08. The number of hydrogen-bond donors (Lipinski definition) is 1. The smallest absolute Gasteiger partial charge is 0.238 e. The van der Waals surface area contributed by atoms with Crippen LogP contribution in [0.2, 0.25) is 0 Å². The van der Waals surface area contributed by atoms with Crippen LogP contribution in [0.3, 0.4) is 0 Å². The van der Waals surface area contributed by atoms with Crippen molar-refractivity contribution in [3.8, 4) is 28.3 Å². The van der Waals surface area contributed by atoms with Crippen LogP contribution in [0, 0.1) is 5.82 Å². The van der Waals surface area contributed by atoms with Crippen molar-refractivity contribution in [1.82, 2.24) is 4.98 Å². The van der Waals surface area contributed by atoms with Crippen molar-refractivity contribution in [2.45, 2.75) is 11.3 Å². The third-order valence-corrected chi connectivity index (χ3v) is 5.66. The molecule has 8 heteroatoms. The predicted octanol–water partition coefficient (Wildman–Crippen LogP) is 4.39. The number of nitrogens with zero attached hydrogens (tertiary/aromatic N) is 1. The van der Waals surface area contributed by atoms with Crippen LogP contribution in [0.15, 0.2) is 82.1 Å². The lowest BCUT2D eigenvalue weighted by molar-refractivity contribution is 0.410. The highest BCUT2D eigenvalue weighted by molar-refractivity contribution is 7.89. The quantitative estimate of drug-likeness (QED) is 0.482. The predicted molar refractivity (Wildman–Crippen MR) is 115 cm³/mol. The molecule has 0 aliphatic carbocycles. The molecule has 4 aromatic rings. The van der Waals surface area contributed by atoms with Gasteiger partial charge in [-0.2, -0.15) is 0 Å². The van der Waals surface area contributed by atoms with E-state index in [1.54, 1.807) is 18.2 Å². The van der Waals surface area contributed by atoms with Gasteiger partial charge in [-0.1, -0.05) is 42.5 Å². The molecule has 0 saturated carbocycles. The zero-order chi connectivity index (χ0) is 22.0. The average Bonchev–Trinajstić information content (AvgIpc) is 3.17. The van der Waals surface area contributed by atoms with Gasteiger partial charge in [0, 0.05) is 18.1 Å². The minimum atomic E-state index is -3.82. The van der Waals surface area contributed by atoms with Gasteiger partial charge in [-0.05, 0) is 29.8 Å². The van der Waals surface area contributed by atoms with Crippen molar-refractivity contribution in [3.05, 3.63) is 90.1 Å². The molecule has 1 heterocycles. The van der Waals surface area contributed by atoms with E-state index in [0.717, 1.165) is 5.56 Å². The summed E-state index contributed by atoms with van der Waals surface area (Å²) in [7, 11) is -2.38. The molecule has 3 aromatic carbocycles. The van der Waals surface area contributed by atoms with Crippen LogP contribution in [0.4, 0.5) is 4.39 Å². The van der Waals surface area contributed by atoms with Crippen molar-refractivity contribution < 1.29 is 22.0 Å². The van der Waals surface area contributed by atoms with Gasteiger partial charge in [-0.3, -0.25) is 0 Å². The van der Waals surface area contributed by atoms with Gasteiger partial charge in [0.15, 0.2) is 11.7 Å². The van der Waals surface area contributed by atoms with E-state index in [1.807, 2.05) is 30.3 Å². The molecule has 0 amide bonds. The summed E-state index contributed by atoms with van der Waals surface area (Å²) in [6.07, 6.45) is 0.451. The van der Waals surface area contributed by atoms with Gasteiger partial charge < -0.3 is 9.15 Å². The van der Waals surface area contributed by atoms with Gasteiger partial charge >= 0.3 is 0 Å².